The zero-order chi connectivity index (χ0) is 14.3. The third-order valence-corrected chi connectivity index (χ3v) is 3.22. The summed E-state index contributed by atoms with van der Waals surface area (Å²) in [6.45, 7) is 1.88. The highest BCUT2D eigenvalue weighted by molar-refractivity contribution is 5.82. The Morgan fingerprint density at radius 1 is 1.25 bits per heavy atom. The number of benzene rings is 1. The predicted molar refractivity (Wildman–Crippen MR) is 76.0 cm³/mol. The van der Waals surface area contributed by atoms with Crippen LogP contribution in [0.1, 0.15) is 5.69 Å². The maximum absolute atomic E-state index is 12.1. The summed E-state index contributed by atoms with van der Waals surface area (Å²) in [4.78, 5) is 12.1. The Balaban J connectivity index is 2.28. The van der Waals surface area contributed by atoms with Gasteiger partial charge in [0.25, 0.3) is 0 Å². The highest BCUT2D eigenvalue weighted by Gasteiger charge is 2.12. The van der Waals surface area contributed by atoms with Crippen LogP contribution in [-0.4, -0.2) is 16.9 Å². The maximum Gasteiger partial charge on any atom is 0.345 e. The fourth-order valence-electron chi connectivity index (χ4n) is 2.27. The molecule has 2 aromatic heterocycles. The van der Waals surface area contributed by atoms with E-state index in [1.165, 1.54) is 0 Å². The lowest BCUT2D eigenvalue weighted by atomic mass is 10.1. The summed E-state index contributed by atoms with van der Waals surface area (Å²) in [5.74, 6) is 0.721. The Labute approximate surface area is 115 Å². The molecule has 2 heterocycles. The van der Waals surface area contributed by atoms with Gasteiger partial charge in [-0.3, -0.25) is 4.68 Å². The van der Waals surface area contributed by atoms with Crippen molar-refractivity contribution < 1.29 is 9.15 Å². The van der Waals surface area contributed by atoms with Crippen molar-refractivity contribution in [3.05, 3.63) is 46.4 Å². The number of ether oxygens (including phenoxy) is 1. The highest BCUT2D eigenvalue weighted by atomic mass is 16.5. The third-order valence-electron chi connectivity index (χ3n) is 3.22. The number of methoxy groups -OCH3 is 1. The van der Waals surface area contributed by atoms with Crippen LogP contribution in [0.15, 0.2) is 39.5 Å². The summed E-state index contributed by atoms with van der Waals surface area (Å²) in [5, 5.41) is 5.07. The molecule has 0 atom stereocenters. The Bertz CT molecular complexity index is 846. The summed E-state index contributed by atoms with van der Waals surface area (Å²) >= 11 is 0. The molecule has 0 bridgehead atoms. The van der Waals surface area contributed by atoms with E-state index in [9.17, 15) is 4.79 Å². The first-order valence-corrected chi connectivity index (χ1v) is 6.21. The van der Waals surface area contributed by atoms with Gasteiger partial charge in [0.15, 0.2) is 0 Å². The van der Waals surface area contributed by atoms with Gasteiger partial charge >= 0.3 is 5.63 Å². The molecule has 0 aliphatic heterocycles. The SMILES string of the molecule is COc1ccc2oc(=O)c(-c3cc(C)nn3C)cc2c1. The lowest BCUT2D eigenvalue weighted by Crippen LogP contribution is -2.06. The minimum absolute atomic E-state index is 0.370. The van der Waals surface area contributed by atoms with Gasteiger partial charge in [0.05, 0.1) is 24.1 Å². The van der Waals surface area contributed by atoms with Gasteiger partial charge in [-0.25, -0.2) is 4.79 Å². The van der Waals surface area contributed by atoms with E-state index >= 15 is 0 Å². The van der Waals surface area contributed by atoms with Crippen molar-refractivity contribution in [3.63, 3.8) is 0 Å². The lowest BCUT2D eigenvalue weighted by molar-refractivity contribution is 0.415. The molecule has 0 aliphatic carbocycles. The monoisotopic (exact) mass is 270 g/mol. The molecule has 3 rings (SSSR count). The first-order valence-electron chi connectivity index (χ1n) is 6.21. The van der Waals surface area contributed by atoms with Gasteiger partial charge in [0.1, 0.15) is 11.3 Å². The van der Waals surface area contributed by atoms with E-state index in [-0.39, 0.29) is 5.63 Å². The van der Waals surface area contributed by atoms with Gasteiger partial charge in [-0.2, -0.15) is 5.10 Å². The summed E-state index contributed by atoms with van der Waals surface area (Å²) in [6, 6.07) is 9.00. The van der Waals surface area contributed by atoms with Gasteiger partial charge in [-0.1, -0.05) is 0 Å². The van der Waals surface area contributed by atoms with Crippen LogP contribution in [0.5, 0.6) is 5.75 Å². The molecule has 0 saturated heterocycles. The fraction of sp³-hybridized carbons (Fsp3) is 0.200. The normalized spacial score (nSPS) is 10.9. The van der Waals surface area contributed by atoms with Gasteiger partial charge < -0.3 is 9.15 Å². The molecule has 0 aliphatic rings. The van der Waals surface area contributed by atoms with Crippen molar-refractivity contribution >= 4 is 11.0 Å². The van der Waals surface area contributed by atoms with Crippen molar-refractivity contribution in [2.45, 2.75) is 6.92 Å². The van der Waals surface area contributed by atoms with Crippen molar-refractivity contribution in [3.8, 4) is 17.0 Å². The molecule has 0 N–H and O–H groups in total. The van der Waals surface area contributed by atoms with Crippen LogP contribution in [0.25, 0.3) is 22.2 Å². The summed E-state index contributed by atoms with van der Waals surface area (Å²) in [6.07, 6.45) is 0. The van der Waals surface area contributed by atoms with Gasteiger partial charge in [0.2, 0.25) is 0 Å². The van der Waals surface area contributed by atoms with Crippen molar-refractivity contribution in [1.29, 1.82) is 0 Å². The number of aromatic nitrogens is 2. The summed E-state index contributed by atoms with van der Waals surface area (Å²) < 4.78 is 12.2. The third kappa shape index (κ3) is 1.97. The quantitative estimate of drug-likeness (QED) is 0.671. The Morgan fingerprint density at radius 3 is 2.70 bits per heavy atom. The van der Waals surface area contributed by atoms with Crippen LogP contribution in [0.4, 0.5) is 0 Å². The van der Waals surface area contributed by atoms with Crippen LogP contribution < -0.4 is 10.4 Å². The fourth-order valence-corrected chi connectivity index (χ4v) is 2.27. The molecule has 0 radical (unpaired) electrons. The second-order valence-corrected chi connectivity index (χ2v) is 4.65. The van der Waals surface area contributed by atoms with E-state index < -0.39 is 0 Å². The van der Waals surface area contributed by atoms with Gasteiger partial charge in [0, 0.05) is 12.4 Å². The molecule has 20 heavy (non-hydrogen) atoms. The molecule has 3 aromatic rings. The number of hydrogen-bond acceptors (Lipinski definition) is 4. The molecule has 5 heteroatoms. The van der Waals surface area contributed by atoms with Crippen molar-refractivity contribution in [1.82, 2.24) is 9.78 Å². The first kappa shape index (κ1) is 12.5. The minimum Gasteiger partial charge on any atom is -0.497 e. The molecule has 102 valence electrons. The van der Waals surface area contributed by atoms with Crippen LogP contribution in [-0.2, 0) is 7.05 Å². The molecular weight excluding hydrogens is 256 g/mol. The Kier molecular flexibility index (Phi) is 2.82. The highest BCUT2D eigenvalue weighted by Crippen LogP contribution is 2.24. The lowest BCUT2D eigenvalue weighted by Gasteiger charge is -2.04. The van der Waals surface area contributed by atoms with E-state index in [0.29, 0.717) is 11.1 Å². The summed E-state index contributed by atoms with van der Waals surface area (Å²) in [5.41, 5.74) is 2.26. The number of hydrogen-bond donors (Lipinski definition) is 0. The van der Waals surface area contributed by atoms with Crippen LogP contribution >= 0.6 is 0 Å². The second kappa shape index (κ2) is 4.52. The molecule has 0 spiro atoms. The van der Waals surface area contributed by atoms with E-state index in [4.69, 9.17) is 9.15 Å². The van der Waals surface area contributed by atoms with Crippen LogP contribution in [0.3, 0.4) is 0 Å². The smallest absolute Gasteiger partial charge is 0.345 e. The number of nitrogens with zero attached hydrogens (tertiary/aromatic N) is 2. The maximum atomic E-state index is 12.1. The number of fused-ring (bicyclic) bond motifs is 1. The number of aryl methyl sites for hydroxylation is 2. The molecule has 1 aromatic carbocycles. The zero-order valence-corrected chi connectivity index (χ0v) is 11.5. The molecule has 0 saturated carbocycles. The minimum atomic E-state index is -0.370. The standard InChI is InChI=1S/C15H14N2O3/c1-9-6-13(17(2)16-9)12-8-10-7-11(19-3)4-5-14(10)20-15(12)18/h4-8H,1-3H3. The van der Waals surface area contributed by atoms with Crippen molar-refractivity contribution in [2.24, 2.45) is 7.05 Å². The van der Waals surface area contributed by atoms with E-state index in [0.717, 1.165) is 22.5 Å². The largest absolute Gasteiger partial charge is 0.497 e. The topological polar surface area (TPSA) is 57.3 Å². The van der Waals surface area contributed by atoms with Gasteiger partial charge in [-0.05, 0) is 37.3 Å². The average molecular weight is 270 g/mol. The molecule has 0 unspecified atom stereocenters. The second-order valence-electron chi connectivity index (χ2n) is 4.65. The Morgan fingerprint density at radius 2 is 2.05 bits per heavy atom. The van der Waals surface area contributed by atoms with Crippen LogP contribution in [0, 0.1) is 6.92 Å². The molecular formula is C15H14N2O3. The van der Waals surface area contributed by atoms with E-state index in [2.05, 4.69) is 5.10 Å². The molecule has 0 amide bonds. The van der Waals surface area contributed by atoms with Crippen molar-refractivity contribution in [2.75, 3.05) is 7.11 Å². The predicted octanol–water partition coefficient (Wildman–Crippen LogP) is 2.51. The number of rotatable bonds is 2. The average Bonchev–Trinajstić information content (AvgIpc) is 2.76. The Hall–Kier alpha value is -2.56. The first-order chi connectivity index (χ1) is 9.58. The zero-order valence-electron chi connectivity index (χ0n) is 11.5. The molecule has 5 nitrogen and oxygen atoms in total. The van der Waals surface area contributed by atoms with Crippen LogP contribution in [0.2, 0.25) is 0 Å². The van der Waals surface area contributed by atoms with E-state index in [1.807, 2.05) is 19.1 Å². The molecule has 0 fully saturated rings. The van der Waals surface area contributed by atoms with E-state index in [1.54, 1.807) is 37.0 Å². The summed E-state index contributed by atoms with van der Waals surface area (Å²) in [7, 11) is 3.41. The van der Waals surface area contributed by atoms with Gasteiger partial charge in [-0.15, -0.1) is 0 Å².